The van der Waals surface area contributed by atoms with Crippen molar-refractivity contribution in [2.75, 3.05) is 25.6 Å². The Labute approximate surface area is 172 Å². The lowest BCUT2D eigenvalue weighted by molar-refractivity contribution is 0.102. The molecule has 8 heteroatoms. The van der Waals surface area contributed by atoms with Crippen LogP contribution in [-0.4, -0.2) is 35.8 Å². The first-order chi connectivity index (χ1) is 14.0. The minimum absolute atomic E-state index is 0.223. The predicted octanol–water partition coefficient (Wildman–Crippen LogP) is 3.52. The molecule has 0 radical (unpaired) electrons. The summed E-state index contributed by atoms with van der Waals surface area (Å²) in [5.41, 5.74) is 1.32. The van der Waals surface area contributed by atoms with E-state index in [0.29, 0.717) is 47.7 Å². The predicted molar refractivity (Wildman–Crippen MR) is 115 cm³/mol. The molecule has 0 bridgehead atoms. The summed E-state index contributed by atoms with van der Waals surface area (Å²) in [4.78, 5) is 28.1. The zero-order valence-corrected chi connectivity index (χ0v) is 16.8. The average molecular weight is 411 g/mol. The van der Waals surface area contributed by atoms with E-state index < -0.39 is 0 Å². The van der Waals surface area contributed by atoms with E-state index in [-0.39, 0.29) is 16.2 Å². The molecule has 0 unspecified atom stereocenters. The van der Waals surface area contributed by atoms with Crippen LogP contribution in [0.1, 0.15) is 10.4 Å². The quantitative estimate of drug-likeness (QED) is 0.337. The Balaban J connectivity index is 1.79. The van der Waals surface area contributed by atoms with Gasteiger partial charge in [0.05, 0.1) is 17.5 Å². The highest BCUT2D eigenvalue weighted by molar-refractivity contribution is 7.71. The topological polar surface area (TPSA) is 85.3 Å². The van der Waals surface area contributed by atoms with E-state index >= 15 is 0 Å². The summed E-state index contributed by atoms with van der Waals surface area (Å²) in [5.74, 6) is 0.392. The number of ether oxygens (including phenoxy) is 2. The standard InChI is InChI=1S/C21H21N3O4S/c1-3-10-24-20(26)17-9-4-14(13-18(17)23-21(24)29)19(25)22-15-5-7-16(8-6-15)28-12-11-27-2/h3-9,13H,1,10-12H2,2H3,(H,22,25)(H,23,29). The summed E-state index contributed by atoms with van der Waals surface area (Å²) in [6.45, 7) is 4.91. The molecule has 0 aliphatic carbocycles. The van der Waals surface area contributed by atoms with Gasteiger partial charge in [0.1, 0.15) is 12.4 Å². The second-order valence-corrected chi connectivity index (χ2v) is 6.60. The van der Waals surface area contributed by atoms with Crippen molar-refractivity contribution < 1.29 is 14.3 Å². The highest BCUT2D eigenvalue weighted by Crippen LogP contribution is 2.17. The number of nitrogens with one attached hydrogen (secondary N) is 2. The molecule has 29 heavy (non-hydrogen) atoms. The summed E-state index contributed by atoms with van der Waals surface area (Å²) < 4.78 is 12.1. The molecule has 1 aromatic heterocycles. The zero-order valence-electron chi connectivity index (χ0n) is 15.9. The van der Waals surface area contributed by atoms with Crippen molar-refractivity contribution in [2.45, 2.75) is 6.54 Å². The number of carbonyl (C=O) groups is 1. The number of hydrogen-bond acceptors (Lipinski definition) is 5. The van der Waals surface area contributed by atoms with Crippen LogP contribution in [0.15, 0.2) is 59.9 Å². The Bertz CT molecular complexity index is 1150. The van der Waals surface area contributed by atoms with E-state index in [1.807, 2.05) is 0 Å². The van der Waals surface area contributed by atoms with Gasteiger partial charge in [0.15, 0.2) is 4.77 Å². The van der Waals surface area contributed by atoms with Crippen LogP contribution in [0.2, 0.25) is 0 Å². The first-order valence-electron chi connectivity index (χ1n) is 8.94. The van der Waals surface area contributed by atoms with Gasteiger partial charge >= 0.3 is 0 Å². The van der Waals surface area contributed by atoms with Gasteiger partial charge in [0.25, 0.3) is 11.5 Å². The molecule has 0 saturated carbocycles. The van der Waals surface area contributed by atoms with Crippen LogP contribution in [0.3, 0.4) is 0 Å². The van der Waals surface area contributed by atoms with Gasteiger partial charge in [-0.1, -0.05) is 6.08 Å². The van der Waals surface area contributed by atoms with E-state index in [0.717, 1.165) is 0 Å². The number of aromatic amines is 1. The Morgan fingerprint density at radius 1 is 1.24 bits per heavy atom. The molecule has 1 amide bonds. The molecular weight excluding hydrogens is 390 g/mol. The van der Waals surface area contributed by atoms with Gasteiger partial charge in [0, 0.05) is 24.9 Å². The van der Waals surface area contributed by atoms with Crippen molar-refractivity contribution in [2.24, 2.45) is 0 Å². The van der Waals surface area contributed by atoms with Crippen molar-refractivity contribution in [3.63, 3.8) is 0 Å². The van der Waals surface area contributed by atoms with Crippen LogP contribution in [0.25, 0.3) is 10.9 Å². The first-order valence-corrected chi connectivity index (χ1v) is 9.35. The second kappa shape index (κ2) is 9.31. The van der Waals surface area contributed by atoms with Crippen LogP contribution in [0, 0.1) is 4.77 Å². The molecule has 3 aromatic rings. The molecule has 150 valence electrons. The number of fused-ring (bicyclic) bond motifs is 1. The third-order valence-electron chi connectivity index (χ3n) is 4.22. The smallest absolute Gasteiger partial charge is 0.262 e. The van der Waals surface area contributed by atoms with Crippen molar-refractivity contribution >= 4 is 34.7 Å². The van der Waals surface area contributed by atoms with Gasteiger partial charge in [-0.25, -0.2) is 0 Å². The number of nitrogens with zero attached hydrogens (tertiary/aromatic N) is 1. The summed E-state index contributed by atoms with van der Waals surface area (Å²) in [5, 5.41) is 3.28. The van der Waals surface area contributed by atoms with Crippen LogP contribution >= 0.6 is 12.2 Å². The molecule has 0 aliphatic heterocycles. The van der Waals surface area contributed by atoms with Gasteiger partial charge in [-0.2, -0.15) is 0 Å². The lowest BCUT2D eigenvalue weighted by Crippen LogP contribution is -2.22. The molecule has 7 nitrogen and oxygen atoms in total. The van der Waals surface area contributed by atoms with E-state index in [9.17, 15) is 9.59 Å². The lowest BCUT2D eigenvalue weighted by atomic mass is 10.1. The van der Waals surface area contributed by atoms with Gasteiger partial charge < -0.3 is 19.8 Å². The average Bonchev–Trinajstić information content (AvgIpc) is 2.72. The first kappa shape index (κ1) is 20.5. The minimum atomic E-state index is -0.297. The maximum Gasteiger partial charge on any atom is 0.262 e. The number of amides is 1. The van der Waals surface area contributed by atoms with Crippen LogP contribution < -0.4 is 15.6 Å². The number of rotatable bonds is 8. The number of allylic oxidation sites excluding steroid dienone is 1. The molecule has 0 saturated heterocycles. The SMILES string of the molecule is C=CCn1c(=S)[nH]c2cc(C(=O)Nc3ccc(OCCOC)cc3)ccc2c1=O. The summed E-state index contributed by atoms with van der Waals surface area (Å²) >= 11 is 5.24. The Hall–Kier alpha value is -3.23. The number of aromatic nitrogens is 2. The van der Waals surface area contributed by atoms with Crippen LogP contribution in [0.5, 0.6) is 5.75 Å². The molecule has 1 heterocycles. The molecule has 0 atom stereocenters. The normalized spacial score (nSPS) is 10.7. The van der Waals surface area contributed by atoms with Crippen molar-refractivity contribution in [3.8, 4) is 5.75 Å². The number of H-pyrrole nitrogens is 1. The largest absolute Gasteiger partial charge is 0.491 e. The van der Waals surface area contributed by atoms with Crippen LogP contribution in [-0.2, 0) is 11.3 Å². The molecule has 3 rings (SSSR count). The fraction of sp³-hybridized carbons (Fsp3) is 0.190. The second-order valence-electron chi connectivity index (χ2n) is 6.21. The Morgan fingerprint density at radius 2 is 2.00 bits per heavy atom. The zero-order chi connectivity index (χ0) is 20.8. The summed E-state index contributed by atoms with van der Waals surface area (Å²) in [6, 6.07) is 11.9. The Kier molecular flexibility index (Phi) is 6.58. The van der Waals surface area contributed by atoms with E-state index in [4.69, 9.17) is 21.7 Å². The monoisotopic (exact) mass is 411 g/mol. The highest BCUT2D eigenvalue weighted by atomic mass is 32.1. The third-order valence-corrected chi connectivity index (χ3v) is 4.55. The number of carbonyl (C=O) groups excluding carboxylic acids is 1. The number of methoxy groups -OCH3 is 1. The number of benzene rings is 2. The van der Waals surface area contributed by atoms with Crippen molar-refractivity contribution in [1.29, 1.82) is 0 Å². The van der Waals surface area contributed by atoms with Gasteiger partial charge in [-0.05, 0) is 54.7 Å². The highest BCUT2D eigenvalue weighted by Gasteiger charge is 2.10. The maximum absolute atomic E-state index is 12.6. The summed E-state index contributed by atoms with van der Waals surface area (Å²) in [7, 11) is 1.61. The number of anilines is 1. The third kappa shape index (κ3) is 4.79. The van der Waals surface area contributed by atoms with E-state index in [2.05, 4.69) is 16.9 Å². The number of hydrogen-bond donors (Lipinski definition) is 2. The van der Waals surface area contributed by atoms with Crippen LogP contribution in [0.4, 0.5) is 5.69 Å². The van der Waals surface area contributed by atoms with Crippen molar-refractivity contribution in [1.82, 2.24) is 9.55 Å². The van der Waals surface area contributed by atoms with Crippen molar-refractivity contribution in [3.05, 3.63) is 75.8 Å². The fourth-order valence-corrected chi connectivity index (χ4v) is 3.04. The maximum atomic E-state index is 12.6. The molecule has 2 N–H and O–H groups in total. The summed E-state index contributed by atoms with van der Waals surface area (Å²) in [6.07, 6.45) is 1.60. The molecule has 0 aliphatic rings. The van der Waals surface area contributed by atoms with Gasteiger partial charge in [-0.15, -0.1) is 6.58 Å². The lowest BCUT2D eigenvalue weighted by Gasteiger charge is -2.09. The minimum Gasteiger partial charge on any atom is -0.491 e. The van der Waals surface area contributed by atoms with E-state index in [1.165, 1.54) is 4.57 Å². The Morgan fingerprint density at radius 3 is 2.69 bits per heavy atom. The molecule has 2 aromatic carbocycles. The van der Waals surface area contributed by atoms with E-state index in [1.54, 1.807) is 55.7 Å². The molecular formula is C21H21N3O4S. The fourth-order valence-electron chi connectivity index (χ4n) is 2.77. The van der Waals surface area contributed by atoms with Gasteiger partial charge in [0.2, 0.25) is 0 Å². The molecule has 0 fully saturated rings. The molecule has 0 spiro atoms. The van der Waals surface area contributed by atoms with Gasteiger partial charge in [-0.3, -0.25) is 14.2 Å².